The fourth-order valence-corrected chi connectivity index (χ4v) is 3.97. The molecule has 1 saturated heterocycles. The lowest BCUT2D eigenvalue weighted by Gasteiger charge is -2.37. The fraction of sp³-hybridized carbons (Fsp3) is 0.444. The molecule has 0 aliphatic carbocycles. The van der Waals surface area contributed by atoms with Crippen molar-refractivity contribution in [3.05, 3.63) is 60.2 Å². The Hall–Kier alpha value is -3.55. The summed E-state index contributed by atoms with van der Waals surface area (Å²) in [6.45, 7) is 10.2. The number of carbonyl (C=O) groups excluding carboxylic acids is 3. The molecular weight excluding hydrogens is 446 g/mol. The SMILES string of the molecule is CCOc1ccc(C(=O)N[C@H](C(=O)OC(C)C(=O)N2CCN(c3ccccc3)CC2)C(C)C)cc1. The molecule has 0 bridgehead atoms. The summed E-state index contributed by atoms with van der Waals surface area (Å²) in [6, 6.07) is 15.9. The molecule has 1 aliphatic rings. The largest absolute Gasteiger partial charge is 0.494 e. The fourth-order valence-electron chi connectivity index (χ4n) is 3.97. The molecule has 2 amide bonds. The quantitative estimate of drug-likeness (QED) is 0.554. The molecule has 0 radical (unpaired) electrons. The number of hydrogen-bond acceptors (Lipinski definition) is 6. The first-order chi connectivity index (χ1) is 16.8. The summed E-state index contributed by atoms with van der Waals surface area (Å²) in [7, 11) is 0. The molecule has 3 rings (SSSR count). The van der Waals surface area contributed by atoms with Crippen LogP contribution in [0.2, 0.25) is 0 Å². The molecular formula is C27H35N3O5. The van der Waals surface area contributed by atoms with Gasteiger partial charge < -0.3 is 24.6 Å². The van der Waals surface area contributed by atoms with E-state index in [1.165, 1.54) is 0 Å². The first-order valence-corrected chi connectivity index (χ1v) is 12.1. The van der Waals surface area contributed by atoms with Gasteiger partial charge in [-0.2, -0.15) is 0 Å². The van der Waals surface area contributed by atoms with Gasteiger partial charge in [0.1, 0.15) is 11.8 Å². The van der Waals surface area contributed by atoms with Crippen LogP contribution in [0.15, 0.2) is 54.6 Å². The van der Waals surface area contributed by atoms with Crippen LogP contribution in [0.25, 0.3) is 0 Å². The molecule has 1 heterocycles. The first-order valence-electron chi connectivity index (χ1n) is 12.1. The summed E-state index contributed by atoms with van der Waals surface area (Å²) in [4.78, 5) is 42.5. The van der Waals surface area contributed by atoms with Crippen LogP contribution in [-0.2, 0) is 14.3 Å². The number of nitrogens with zero attached hydrogens (tertiary/aromatic N) is 2. The van der Waals surface area contributed by atoms with Crippen LogP contribution >= 0.6 is 0 Å². The van der Waals surface area contributed by atoms with Crippen LogP contribution in [0.4, 0.5) is 5.69 Å². The van der Waals surface area contributed by atoms with Crippen LogP contribution in [0, 0.1) is 5.92 Å². The van der Waals surface area contributed by atoms with Crippen molar-refractivity contribution in [1.82, 2.24) is 10.2 Å². The third kappa shape index (κ3) is 6.97. The lowest BCUT2D eigenvalue weighted by atomic mass is 10.0. The third-order valence-electron chi connectivity index (χ3n) is 5.99. The minimum absolute atomic E-state index is 0.217. The summed E-state index contributed by atoms with van der Waals surface area (Å²) < 4.78 is 10.9. The molecule has 0 aromatic heterocycles. The average molecular weight is 482 g/mol. The Balaban J connectivity index is 1.54. The number of piperazine rings is 1. The van der Waals surface area contributed by atoms with Crippen molar-refractivity contribution in [1.29, 1.82) is 0 Å². The number of rotatable bonds is 9. The number of ether oxygens (including phenoxy) is 2. The molecule has 2 atom stereocenters. The molecule has 2 aromatic carbocycles. The van der Waals surface area contributed by atoms with E-state index in [1.54, 1.807) is 36.1 Å². The minimum atomic E-state index is -0.936. The van der Waals surface area contributed by atoms with Crippen LogP contribution in [-0.4, -0.2) is 67.6 Å². The topological polar surface area (TPSA) is 88.2 Å². The standard InChI is InChI=1S/C27H35N3O5/c1-5-34-23-13-11-21(12-14-23)25(31)28-24(19(2)3)27(33)35-20(4)26(32)30-17-15-29(16-18-30)22-9-7-6-8-10-22/h6-14,19-20,24H,5,15-18H2,1-4H3,(H,28,31)/t20?,24-/m0/s1. The van der Waals surface area contributed by atoms with Crippen molar-refractivity contribution >= 4 is 23.5 Å². The van der Waals surface area contributed by atoms with Gasteiger partial charge in [-0.3, -0.25) is 9.59 Å². The van der Waals surface area contributed by atoms with E-state index in [9.17, 15) is 14.4 Å². The summed E-state index contributed by atoms with van der Waals surface area (Å²) in [5.74, 6) is -0.791. The molecule has 0 spiro atoms. The van der Waals surface area contributed by atoms with Gasteiger partial charge in [-0.1, -0.05) is 32.0 Å². The van der Waals surface area contributed by atoms with Crippen LogP contribution in [0.3, 0.4) is 0 Å². The summed E-state index contributed by atoms with van der Waals surface area (Å²) in [5.41, 5.74) is 1.54. The number of anilines is 1. The molecule has 8 nitrogen and oxygen atoms in total. The normalized spacial score (nSPS) is 15.3. The second-order valence-corrected chi connectivity index (χ2v) is 8.88. The Bertz CT molecular complexity index is 986. The van der Waals surface area contributed by atoms with E-state index < -0.39 is 18.1 Å². The Morgan fingerprint density at radius 3 is 2.11 bits per heavy atom. The highest BCUT2D eigenvalue weighted by Gasteiger charge is 2.32. The molecule has 0 saturated carbocycles. The monoisotopic (exact) mass is 481 g/mol. The zero-order valence-corrected chi connectivity index (χ0v) is 20.9. The highest BCUT2D eigenvalue weighted by atomic mass is 16.5. The van der Waals surface area contributed by atoms with Gasteiger partial charge >= 0.3 is 5.97 Å². The van der Waals surface area contributed by atoms with Crippen LogP contribution in [0.1, 0.15) is 38.1 Å². The summed E-state index contributed by atoms with van der Waals surface area (Å²) in [6.07, 6.45) is -0.936. The molecule has 1 unspecified atom stereocenters. The maximum atomic E-state index is 12.9. The number of carbonyl (C=O) groups is 3. The predicted molar refractivity (Wildman–Crippen MR) is 134 cm³/mol. The van der Waals surface area contributed by atoms with Crippen LogP contribution < -0.4 is 15.0 Å². The number of hydrogen-bond donors (Lipinski definition) is 1. The molecule has 1 fully saturated rings. The van der Waals surface area contributed by atoms with Crippen molar-refractivity contribution in [3.8, 4) is 5.75 Å². The number of benzene rings is 2. The predicted octanol–water partition coefficient (Wildman–Crippen LogP) is 3.12. The van der Waals surface area contributed by atoms with Crippen molar-refractivity contribution in [2.45, 2.75) is 39.8 Å². The van der Waals surface area contributed by atoms with E-state index in [2.05, 4.69) is 22.3 Å². The van der Waals surface area contributed by atoms with Gasteiger partial charge in [0.05, 0.1) is 6.61 Å². The number of para-hydroxylation sites is 1. The average Bonchev–Trinajstić information content (AvgIpc) is 2.87. The van der Waals surface area contributed by atoms with Gasteiger partial charge in [0.15, 0.2) is 6.10 Å². The van der Waals surface area contributed by atoms with E-state index in [0.717, 1.165) is 5.69 Å². The van der Waals surface area contributed by atoms with Gasteiger partial charge in [-0.25, -0.2) is 4.79 Å². The summed E-state index contributed by atoms with van der Waals surface area (Å²) >= 11 is 0. The van der Waals surface area contributed by atoms with Gasteiger partial charge in [0.2, 0.25) is 0 Å². The molecule has 8 heteroatoms. The lowest BCUT2D eigenvalue weighted by Crippen LogP contribution is -2.53. The highest BCUT2D eigenvalue weighted by molar-refractivity contribution is 5.97. The molecule has 188 valence electrons. The van der Waals surface area contributed by atoms with E-state index in [4.69, 9.17) is 9.47 Å². The third-order valence-corrected chi connectivity index (χ3v) is 5.99. The number of nitrogens with one attached hydrogen (secondary N) is 1. The van der Waals surface area contributed by atoms with Gasteiger partial charge in [0, 0.05) is 37.4 Å². The Labute approximate surface area is 207 Å². The smallest absolute Gasteiger partial charge is 0.329 e. The zero-order chi connectivity index (χ0) is 25.4. The van der Waals surface area contributed by atoms with Gasteiger partial charge in [-0.15, -0.1) is 0 Å². The Kier molecular flexibility index (Phi) is 9.11. The first kappa shape index (κ1) is 26.1. The van der Waals surface area contributed by atoms with Crippen molar-refractivity contribution < 1.29 is 23.9 Å². The molecule has 1 aliphatic heterocycles. The Morgan fingerprint density at radius 2 is 1.54 bits per heavy atom. The Morgan fingerprint density at radius 1 is 0.914 bits per heavy atom. The summed E-state index contributed by atoms with van der Waals surface area (Å²) in [5, 5.41) is 2.75. The second-order valence-electron chi connectivity index (χ2n) is 8.88. The van der Waals surface area contributed by atoms with Crippen molar-refractivity contribution in [2.75, 3.05) is 37.7 Å². The van der Waals surface area contributed by atoms with E-state index in [1.807, 2.05) is 39.0 Å². The maximum Gasteiger partial charge on any atom is 0.329 e. The molecule has 2 aromatic rings. The minimum Gasteiger partial charge on any atom is -0.494 e. The zero-order valence-electron chi connectivity index (χ0n) is 20.9. The molecule has 35 heavy (non-hydrogen) atoms. The second kappa shape index (κ2) is 12.2. The van der Waals surface area contributed by atoms with Gasteiger partial charge in [-0.05, 0) is 56.2 Å². The highest BCUT2D eigenvalue weighted by Crippen LogP contribution is 2.17. The van der Waals surface area contributed by atoms with E-state index in [0.29, 0.717) is 44.1 Å². The van der Waals surface area contributed by atoms with E-state index in [-0.39, 0.29) is 17.7 Å². The number of amides is 2. The maximum absolute atomic E-state index is 12.9. The van der Waals surface area contributed by atoms with Crippen molar-refractivity contribution in [2.24, 2.45) is 5.92 Å². The van der Waals surface area contributed by atoms with Gasteiger partial charge in [0.25, 0.3) is 11.8 Å². The van der Waals surface area contributed by atoms with Crippen molar-refractivity contribution in [3.63, 3.8) is 0 Å². The lowest BCUT2D eigenvalue weighted by molar-refractivity contribution is -0.161. The number of esters is 1. The van der Waals surface area contributed by atoms with Crippen LogP contribution in [0.5, 0.6) is 5.75 Å². The molecule has 1 N–H and O–H groups in total. The van der Waals surface area contributed by atoms with E-state index >= 15 is 0 Å².